The van der Waals surface area contributed by atoms with Gasteiger partial charge in [0.05, 0.1) is 37.1 Å². The van der Waals surface area contributed by atoms with Gasteiger partial charge < -0.3 is 33.9 Å². The Kier molecular flexibility index (Phi) is 5.38. The van der Waals surface area contributed by atoms with Crippen molar-refractivity contribution in [3.8, 4) is 0 Å². The molecule has 6 aliphatic rings. The van der Waals surface area contributed by atoms with Gasteiger partial charge in [0.15, 0.2) is 0 Å². The molecule has 2 N–H and O–H groups in total. The molecule has 8 nitrogen and oxygen atoms in total. The van der Waals surface area contributed by atoms with E-state index in [2.05, 4.69) is 11.8 Å². The van der Waals surface area contributed by atoms with E-state index < -0.39 is 17.3 Å². The Bertz CT molecular complexity index is 829. The van der Waals surface area contributed by atoms with Gasteiger partial charge in [-0.3, -0.25) is 4.90 Å². The molecule has 194 valence electrons. The van der Waals surface area contributed by atoms with Crippen molar-refractivity contribution in [3.05, 3.63) is 0 Å². The molecule has 1 saturated heterocycles. The molecule has 1 heterocycles. The SMILES string of the molecule is CCN1C[C@]2(COC)CC[C@H](OC)[C@]34C1[C@@](O)([C@@H](OC)[C@H]23)[C@@]1(O)C[C@H](OC)[C@H]2C[C@@H]4[C@@H]1[C@H]2OC. The predicted molar refractivity (Wildman–Crippen MR) is 123 cm³/mol. The zero-order valence-electron chi connectivity index (χ0n) is 21.5. The Labute approximate surface area is 203 Å². The quantitative estimate of drug-likeness (QED) is 0.555. The molecule has 5 saturated carbocycles. The number of rotatable bonds is 7. The zero-order valence-corrected chi connectivity index (χ0v) is 21.5. The molecular formula is C26H43NO7. The van der Waals surface area contributed by atoms with Crippen LogP contribution in [0.1, 0.15) is 32.6 Å². The summed E-state index contributed by atoms with van der Waals surface area (Å²) in [4.78, 5) is 2.43. The molecular weight excluding hydrogens is 438 g/mol. The van der Waals surface area contributed by atoms with Crippen LogP contribution >= 0.6 is 0 Å². The Hall–Kier alpha value is -0.320. The topological polar surface area (TPSA) is 89.9 Å². The molecule has 34 heavy (non-hydrogen) atoms. The number of nitrogens with zero attached hydrogens (tertiary/aromatic N) is 1. The van der Waals surface area contributed by atoms with Gasteiger partial charge in [-0.15, -0.1) is 0 Å². The van der Waals surface area contributed by atoms with Crippen molar-refractivity contribution in [1.29, 1.82) is 0 Å². The maximum atomic E-state index is 13.1. The van der Waals surface area contributed by atoms with Crippen LogP contribution in [0, 0.1) is 34.5 Å². The highest BCUT2D eigenvalue weighted by atomic mass is 16.5. The Morgan fingerprint density at radius 3 is 2.35 bits per heavy atom. The highest BCUT2D eigenvalue weighted by Gasteiger charge is 2.91. The van der Waals surface area contributed by atoms with E-state index in [1.54, 1.807) is 28.4 Å². The first-order valence-electron chi connectivity index (χ1n) is 13.1. The number of ether oxygens (including phenoxy) is 5. The normalized spacial score (nSPS) is 59.5. The average Bonchev–Trinajstić information content (AvgIpc) is 3.25. The summed E-state index contributed by atoms with van der Waals surface area (Å²) >= 11 is 0. The molecule has 0 aromatic carbocycles. The Morgan fingerprint density at radius 2 is 1.76 bits per heavy atom. The molecule has 8 heteroatoms. The molecule has 7 bridgehead atoms. The first kappa shape index (κ1) is 24.0. The number of piperidine rings is 1. The van der Waals surface area contributed by atoms with Crippen molar-refractivity contribution in [3.63, 3.8) is 0 Å². The van der Waals surface area contributed by atoms with Gasteiger partial charge in [0.25, 0.3) is 0 Å². The molecule has 6 fully saturated rings. The van der Waals surface area contributed by atoms with Crippen LogP contribution in [0.15, 0.2) is 0 Å². The van der Waals surface area contributed by atoms with Gasteiger partial charge >= 0.3 is 0 Å². The van der Waals surface area contributed by atoms with Crippen LogP contribution in [-0.4, -0.2) is 112 Å². The first-order chi connectivity index (χ1) is 16.3. The summed E-state index contributed by atoms with van der Waals surface area (Å²) in [5.74, 6) is 0.165. The first-order valence-corrected chi connectivity index (χ1v) is 13.1. The van der Waals surface area contributed by atoms with Crippen LogP contribution < -0.4 is 0 Å². The van der Waals surface area contributed by atoms with E-state index in [4.69, 9.17) is 23.7 Å². The summed E-state index contributed by atoms with van der Waals surface area (Å²) in [6.45, 7) is 4.41. The lowest BCUT2D eigenvalue weighted by Gasteiger charge is -2.70. The highest BCUT2D eigenvalue weighted by Crippen LogP contribution is 2.80. The van der Waals surface area contributed by atoms with Crippen LogP contribution in [0.4, 0.5) is 0 Å². The van der Waals surface area contributed by atoms with E-state index in [0.717, 1.165) is 32.4 Å². The molecule has 1 unspecified atom stereocenters. The van der Waals surface area contributed by atoms with Crippen LogP contribution in [0.3, 0.4) is 0 Å². The van der Waals surface area contributed by atoms with Crippen molar-refractivity contribution in [2.45, 2.75) is 74.3 Å². The number of fused-ring (bicyclic) bond motifs is 2. The van der Waals surface area contributed by atoms with Gasteiger partial charge in [0.2, 0.25) is 0 Å². The van der Waals surface area contributed by atoms with Crippen molar-refractivity contribution in [2.24, 2.45) is 34.5 Å². The second-order valence-corrected chi connectivity index (χ2v) is 12.1. The molecule has 1 aliphatic heterocycles. The summed E-state index contributed by atoms with van der Waals surface area (Å²) < 4.78 is 30.7. The number of aliphatic hydroxyl groups is 2. The van der Waals surface area contributed by atoms with Gasteiger partial charge in [-0.05, 0) is 31.7 Å². The lowest BCUT2D eigenvalue weighted by molar-refractivity contribution is -0.320. The third kappa shape index (κ3) is 2.27. The minimum absolute atomic E-state index is 0.0262. The van der Waals surface area contributed by atoms with Gasteiger partial charge in [-0.1, -0.05) is 6.92 Å². The van der Waals surface area contributed by atoms with E-state index in [9.17, 15) is 10.2 Å². The molecule has 5 aliphatic carbocycles. The van der Waals surface area contributed by atoms with E-state index in [-0.39, 0.29) is 58.9 Å². The minimum Gasteiger partial charge on any atom is -0.386 e. The summed E-state index contributed by atoms with van der Waals surface area (Å²) in [6.07, 6.45) is 2.30. The predicted octanol–water partition coefficient (Wildman–Crippen LogP) is 0.925. The lowest BCUT2D eigenvalue weighted by Crippen LogP contribution is -2.82. The second kappa shape index (κ2) is 7.60. The van der Waals surface area contributed by atoms with E-state index in [1.165, 1.54) is 0 Å². The lowest BCUT2D eigenvalue weighted by atomic mass is 9.42. The summed E-state index contributed by atoms with van der Waals surface area (Å²) in [6, 6.07) is -0.256. The molecule has 1 spiro atoms. The summed E-state index contributed by atoms with van der Waals surface area (Å²) in [7, 11) is 8.77. The molecule has 13 atom stereocenters. The average molecular weight is 482 g/mol. The number of methoxy groups -OCH3 is 5. The van der Waals surface area contributed by atoms with E-state index in [0.29, 0.717) is 13.0 Å². The number of likely N-dealkylation sites (N-methyl/N-ethyl adjacent to an activating group) is 1. The smallest absolute Gasteiger partial charge is 0.136 e. The fourth-order valence-corrected chi connectivity index (χ4v) is 11.3. The summed E-state index contributed by atoms with van der Waals surface area (Å²) in [5, 5.41) is 25.9. The van der Waals surface area contributed by atoms with Crippen LogP contribution in [0.2, 0.25) is 0 Å². The molecule has 0 aromatic heterocycles. The van der Waals surface area contributed by atoms with Crippen LogP contribution in [0.5, 0.6) is 0 Å². The largest absolute Gasteiger partial charge is 0.386 e. The van der Waals surface area contributed by atoms with Crippen molar-refractivity contribution in [2.75, 3.05) is 55.2 Å². The number of hydrogen-bond donors (Lipinski definition) is 2. The standard InChI is InChI=1S/C26H43NO7/c1-7-27-12-23(13-30-2)9-8-17(32-4)25-15-10-14-16(31-3)11-24(28,18(15)19(14)33-5)26(29,22(25)27)21(34-6)20(23)25/h14-22,28-29H,7-13H2,1-6H3/t14-,15-,16+,17+,18-,19+,20-,21+,22?,23+,24-,25+,26+/m1/s1. The third-order valence-corrected chi connectivity index (χ3v) is 11.7. The number of hydrogen-bond acceptors (Lipinski definition) is 8. The van der Waals surface area contributed by atoms with Crippen molar-refractivity contribution < 1.29 is 33.9 Å². The van der Waals surface area contributed by atoms with Gasteiger partial charge in [0.1, 0.15) is 11.2 Å². The minimum atomic E-state index is -1.47. The Morgan fingerprint density at radius 1 is 1.00 bits per heavy atom. The van der Waals surface area contributed by atoms with Gasteiger partial charge in [0, 0.05) is 77.1 Å². The highest BCUT2D eigenvalue weighted by molar-refractivity contribution is 5.41. The van der Waals surface area contributed by atoms with Crippen molar-refractivity contribution in [1.82, 2.24) is 4.90 Å². The maximum absolute atomic E-state index is 13.1. The van der Waals surface area contributed by atoms with Crippen LogP contribution in [0.25, 0.3) is 0 Å². The van der Waals surface area contributed by atoms with Crippen molar-refractivity contribution >= 4 is 0 Å². The van der Waals surface area contributed by atoms with E-state index >= 15 is 0 Å². The molecule has 0 amide bonds. The maximum Gasteiger partial charge on any atom is 0.136 e. The fourth-order valence-electron chi connectivity index (χ4n) is 11.3. The summed E-state index contributed by atoms with van der Waals surface area (Å²) in [5.41, 5.74) is -3.38. The van der Waals surface area contributed by atoms with Gasteiger partial charge in [-0.25, -0.2) is 0 Å². The molecule has 0 aromatic rings. The molecule has 6 rings (SSSR count). The monoisotopic (exact) mass is 481 g/mol. The number of likely N-dealkylation sites (tertiary alicyclic amines) is 1. The fraction of sp³-hybridized carbons (Fsp3) is 1.00. The second-order valence-electron chi connectivity index (χ2n) is 12.1. The Balaban J connectivity index is 1.67. The molecule has 0 radical (unpaired) electrons. The van der Waals surface area contributed by atoms with Gasteiger partial charge in [-0.2, -0.15) is 0 Å². The van der Waals surface area contributed by atoms with E-state index in [1.807, 2.05) is 7.11 Å². The van der Waals surface area contributed by atoms with Crippen LogP contribution in [-0.2, 0) is 23.7 Å². The zero-order chi connectivity index (χ0) is 24.3. The third-order valence-electron chi connectivity index (χ3n) is 11.7.